The summed E-state index contributed by atoms with van der Waals surface area (Å²) in [5.74, 6) is -2.26. The lowest BCUT2D eigenvalue weighted by Crippen LogP contribution is -2.51. The van der Waals surface area contributed by atoms with Crippen LogP contribution in [-0.4, -0.2) is 54.4 Å². The zero-order chi connectivity index (χ0) is 17.3. The van der Waals surface area contributed by atoms with Crippen LogP contribution in [0.3, 0.4) is 0 Å². The lowest BCUT2D eigenvalue weighted by Gasteiger charge is -2.43. The Morgan fingerprint density at radius 1 is 1.26 bits per heavy atom. The largest absolute Gasteiger partial charge is 0.481 e. The van der Waals surface area contributed by atoms with Gasteiger partial charge in [-0.05, 0) is 32.6 Å². The van der Waals surface area contributed by atoms with E-state index in [-0.39, 0.29) is 12.5 Å². The number of rotatable bonds is 6. The first-order valence-electron chi connectivity index (χ1n) is 7.86. The molecule has 1 unspecified atom stereocenters. The predicted octanol–water partition coefficient (Wildman–Crippen LogP) is 2.45. The average Bonchev–Trinajstić information content (AvgIpc) is 2.87. The molecule has 2 rings (SSSR count). The molecule has 1 amide bonds. The molecular formula is C15H22F3NO4. The fourth-order valence-electron chi connectivity index (χ4n) is 3.43. The van der Waals surface area contributed by atoms with E-state index in [9.17, 15) is 22.8 Å². The van der Waals surface area contributed by atoms with Crippen LogP contribution < -0.4 is 0 Å². The third kappa shape index (κ3) is 3.05. The van der Waals surface area contributed by atoms with Crippen molar-refractivity contribution < 1.29 is 32.6 Å². The third-order valence-electron chi connectivity index (χ3n) is 5.20. The van der Waals surface area contributed by atoms with Gasteiger partial charge in [-0.15, -0.1) is 0 Å². The van der Waals surface area contributed by atoms with E-state index in [2.05, 4.69) is 0 Å². The second-order valence-corrected chi connectivity index (χ2v) is 6.44. The second-order valence-electron chi connectivity index (χ2n) is 6.44. The molecule has 23 heavy (non-hydrogen) atoms. The van der Waals surface area contributed by atoms with Gasteiger partial charge in [0, 0.05) is 26.3 Å². The first-order chi connectivity index (χ1) is 10.7. The second kappa shape index (κ2) is 6.30. The van der Waals surface area contributed by atoms with Crippen molar-refractivity contribution in [2.75, 3.05) is 26.3 Å². The first kappa shape index (κ1) is 18.0. The summed E-state index contributed by atoms with van der Waals surface area (Å²) in [6.45, 7) is 1.78. The van der Waals surface area contributed by atoms with Gasteiger partial charge in [0.05, 0.1) is 5.41 Å². The quantitative estimate of drug-likeness (QED) is 0.756. The topological polar surface area (TPSA) is 66.8 Å². The van der Waals surface area contributed by atoms with Crippen molar-refractivity contribution in [2.24, 2.45) is 10.8 Å². The molecule has 2 aliphatic rings. The van der Waals surface area contributed by atoms with Crippen LogP contribution in [0, 0.1) is 10.8 Å². The maximum atomic E-state index is 13.2. The van der Waals surface area contributed by atoms with E-state index in [4.69, 9.17) is 9.84 Å². The fourth-order valence-corrected chi connectivity index (χ4v) is 3.43. The number of carbonyl (C=O) groups excluding carboxylic acids is 1. The van der Waals surface area contributed by atoms with E-state index in [1.807, 2.05) is 6.92 Å². The van der Waals surface area contributed by atoms with Crippen LogP contribution in [0.15, 0.2) is 0 Å². The van der Waals surface area contributed by atoms with Crippen molar-refractivity contribution in [3.05, 3.63) is 0 Å². The van der Waals surface area contributed by atoms with Crippen molar-refractivity contribution >= 4 is 11.9 Å². The van der Waals surface area contributed by atoms with Gasteiger partial charge >= 0.3 is 12.1 Å². The van der Waals surface area contributed by atoms with Gasteiger partial charge in [-0.3, -0.25) is 9.59 Å². The van der Waals surface area contributed by atoms with Crippen molar-refractivity contribution in [2.45, 2.75) is 45.2 Å². The minimum atomic E-state index is -4.87. The predicted molar refractivity (Wildman–Crippen MR) is 74.7 cm³/mol. The average molecular weight is 337 g/mol. The Labute approximate surface area is 132 Å². The fraction of sp³-hybridized carbons (Fsp3) is 0.867. The molecule has 0 spiro atoms. The van der Waals surface area contributed by atoms with Crippen LogP contribution in [0.25, 0.3) is 0 Å². The zero-order valence-corrected chi connectivity index (χ0v) is 13.1. The number of hydrogen-bond donors (Lipinski definition) is 1. The summed E-state index contributed by atoms with van der Waals surface area (Å²) >= 11 is 0. The molecule has 0 bridgehead atoms. The molecule has 0 aromatic rings. The number of aliphatic carboxylic acids is 1. The van der Waals surface area contributed by atoms with Crippen LogP contribution in [0.5, 0.6) is 0 Å². The summed E-state index contributed by atoms with van der Waals surface area (Å²) in [6.07, 6.45) is -2.87. The highest BCUT2D eigenvalue weighted by atomic mass is 19.4. The minimum Gasteiger partial charge on any atom is -0.481 e. The monoisotopic (exact) mass is 337 g/mol. The number of carbonyl (C=O) groups is 2. The summed E-state index contributed by atoms with van der Waals surface area (Å²) < 4.78 is 44.9. The normalized spacial score (nSPS) is 26.9. The number of carboxylic acids is 1. The molecule has 1 aliphatic heterocycles. The van der Waals surface area contributed by atoms with Crippen molar-refractivity contribution in [1.29, 1.82) is 0 Å². The molecule has 0 aromatic heterocycles. The zero-order valence-electron chi connectivity index (χ0n) is 13.1. The van der Waals surface area contributed by atoms with Crippen LogP contribution >= 0.6 is 0 Å². The number of amides is 1. The van der Waals surface area contributed by atoms with E-state index in [1.165, 1.54) is 0 Å². The Morgan fingerprint density at radius 3 is 2.30 bits per heavy atom. The van der Waals surface area contributed by atoms with Crippen molar-refractivity contribution in [3.8, 4) is 0 Å². The Morgan fingerprint density at radius 2 is 1.91 bits per heavy atom. The summed E-state index contributed by atoms with van der Waals surface area (Å²) in [5.41, 5.74) is -3.51. The van der Waals surface area contributed by atoms with Gasteiger partial charge in [-0.2, -0.15) is 13.2 Å². The molecule has 0 aromatic carbocycles. The van der Waals surface area contributed by atoms with Crippen LogP contribution in [0.2, 0.25) is 0 Å². The number of carboxylic acid groups (broad SMARTS) is 1. The maximum absolute atomic E-state index is 13.2. The van der Waals surface area contributed by atoms with Crippen LogP contribution in [-0.2, 0) is 14.3 Å². The standard InChI is InChI=1S/C15H22F3NO4/c1-2-23-9-7-13(4-3-5-13)11(20)19-8-6-14(10-19,12(21)22)15(16,17)18/h2-10H2,1H3,(H,21,22). The maximum Gasteiger partial charge on any atom is 0.406 e. The lowest BCUT2D eigenvalue weighted by molar-refractivity contribution is -0.227. The van der Waals surface area contributed by atoms with Gasteiger partial charge in [0.2, 0.25) is 5.91 Å². The molecule has 132 valence electrons. The number of likely N-dealkylation sites (tertiary alicyclic amines) is 1. The third-order valence-corrected chi connectivity index (χ3v) is 5.20. The minimum absolute atomic E-state index is 0.166. The molecule has 1 atom stereocenters. The summed E-state index contributed by atoms with van der Waals surface area (Å²) in [6, 6.07) is 0. The molecule has 1 heterocycles. The van der Waals surface area contributed by atoms with E-state index in [0.29, 0.717) is 32.5 Å². The molecule has 1 saturated carbocycles. The molecule has 1 saturated heterocycles. The summed E-state index contributed by atoms with van der Waals surface area (Å²) in [4.78, 5) is 25.0. The van der Waals surface area contributed by atoms with E-state index in [0.717, 1.165) is 11.3 Å². The van der Waals surface area contributed by atoms with Gasteiger partial charge in [-0.1, -0.05) is 6.42 Å². The van der Waals surface area contributed by atoms with Gasteiger partial charge < -0.3 is 14.7 Å². The number of alkyl halides is 3. The molecule has 1 N–H and O–H groups in total. The Kier molecular flexibility index (Phi) is 4.94. The summed E-state index contributed by atoms with van der Waals surface area (Å²) in [7, 11) is 0. The molecular weight excluding hydrogens is 315 g/mol. The van der Waals surface area contributed by atoms with Crippen LogP contribution in [0.4, 0.5) is 13.2 Å². The molecule has 1 aliphatic carbocycles. The Bertz CT molecular complexity index is 476. The molecule has 2 fully saturated rings. The Hall–Kier alpha value is -1.31. The highest BCUT2D eigenvalue weighted by molar-refractivity contribution is 5.86. The molecule has 8 heteroatoms. The van der Waals surface area contributed by atoms with E-state index >= 15 is 0 Å². The van der Waals surface area contributed by atoms with Gasteiger partial charge in [0.15, 0.2) is 5.41 Å². The van der Waals surface area contributed by atoms with Gasteiger partial charge in [-0.25, -0.2) is 0 Å². The number of hydrogen-bond acceptors (Lipinski definition) is 3. The SMILES string of the molecule is CCOCCC1(C(=O)N2CCC(C(=O)O)(C(F)(F)F)C2)CCC1. The van der Waals surface area contributed by atoms with Crippen LogP contribution in [0.1, 0.15) is 39.0 Å². The number of halogens is 3. The number of ether oxygens (including phenoxy) is 1. The number of nitrogens with zero attached hydrogens (tertiary/aromatic N) is 1. The smallest absolute Gasteiger partial charge is 0.406 e. The molecule has 0 radical (unpaired) electrons. The summed E-state index contributed by atoms with van der Waals surface area (Å²) in [5, 5.41) is 9.07. The van der Waals surface area contributed by atoms with E-state index < -0.39 is 35.9 Å². The van der Waals surface area contributed by atoms with Gasteiger partial charge in [0.1, 0.15) is 0 Å². The van der Waals surface area contributed by atoms with Gasteiger partial charge in [0.25, 0.3) is 0 Å². The lowest BCUT2D eigenvalue weighted by atomic mass is 9.66. The Balaban J connectivity index is 2.11. The van der Waals surface area contributed by atoms with Crippen molar-refractivity contribution in [1.82, 2.24) is 4.90 Å². The highest BCUT2D eigenvalue weighted by Crippen LogP contribution is 2.50. The van der Waals surface area contributed by atoms with Crippen molar-refractivity contribution in [3.63, 3.8) is 0 Å². The highest BCUT2D eigenvalue weighted by Gasteiger charge is 2.65. The molecule has 5 nitrogen and oxygen atoms in total. The van der Waals surface area contributed by atoms with E-state index in [1.54, 1.807) is 0 Å². The first-order valence-corrected chi connectivity index (χ1v) is 7.86.